The van der Waals surface area contributed by atoms with Crippen LogP contribution >= 0.6 is 11.3 Å². The van der Waals surface area contributed by atoms with Crippen molar-refractivity contribution in [3.05, 3.63) is 47.5 Å². The smallest absolute Gasteiger partial charge is 0.167 e. The van der Waals surface area contributed by atoms with E-state index in [1.165, 1.54) is 11.1 Å². The molecule has 3 nitrogen and oxygen atoms in total. The number of hydrogen-bond donors (Lipinski definition) is 0. The molecule has 112 valence electrons. The number of nitrogens with zero attached hydrogens (tertiary/aromatic N) is 1. The number of terminal acetylenes is 1. The lowest BCUT2D eigenvalue weighted by atomic mass is 10.1. The zero-order valence-electron chi connectivity index (χ0n) is 12.7. The maximum absolute atomic E-state index is 6.01. The summed E-state index contributed by atoms with van der Waals surface area (Å²) in [5.41, 5.74) is 4.04. The Balaban J connectivity index is 1.91. The number of para-hydroxylation sites is 1. The van der Waals surface area contributed by atoms with Crippen molar-refractivity contribution >= 4 is 32.5 Å². The molecule has 0 aliphatic heterocycles. The van der Waals surface area contributed by atoms with Gasteiger partial charge in [-0.2, -0.15) is 0 Å². The number of fused-ring (bicyclic) bond motifs is 2. The van der Waals surface area contributed by atoms with E-state index in [0.29, 0.717) is 5.75 Å². The van der Waals surface area contributed by atoms with Gasteiger partial charge in [0.1, 0.15) is 17.2 Å². The highest BCUT2D eigenvalue weighted by Gasteiger charge is 2.15. The monoisotopic (exact) mass is 319 g/mol. The third-order valence-electron chi connectivity index (χ3n) is 3.75. The topological polar surface area (TPSA) is 35.3 Å². The molecule has 2 aromatic carbocycles. The van der Waals surface area contributed by atoms with Gasteiger partial charge in [0.05, 0.1) is 4.70 Å². The van der Waals surface area contributed by atoms with Crippen LogP contribution in [0.5, 0.6) is 5.75 Å². The minimum absolute atomic E-state index is 0.593. The van der Waals surface area contributed by atoms with Gasteiger partial charge in [-0.25, -0.2) is 4.98 Å². The lowest BCUT2D eigenvalue weighted by molar-refractivity contribution is 0.526. The number of aryl methyl sites for hydroxylation is 2. The lowest BCUT2D eigenvalue weighted by Crippen LogP contribution is -1.82. The van der Waals surface area contributed by atoms with Crippen molar-refractivity contribution in [1.82, 2.24) is 4.98 Å². The first-order chi connectivity index (χ1) is 11.2. The third-order valence-corrected chi connectivity index (χ3v) is 4.79. The number of ether oxygens (including phenoxy) is 1. The summed E-state index contributed by atoms with van der Waals surface area (Å²) in [6.45, 7) is 4.15. The fourth-order valence-electron chi connectivity index (χ4n) is 2.77. The van der Waals surface area contributed by atoms with Gasteiger partial charge in [0.15, 0.2) is 16.5 Å². The molecule has 0 bridgehead atoms. The largest absolute Gasteiger partial charge is 0.454 e. The second kappa shape index (κ2) is 5.15. The molecule has 0 saturated heterocycles. The first-order valence-corrected chi connectivity index (χ1v) is 8.00. The van der Waals surface area contributed by atoms with E-state index < -0.39 is 0 Å². The summed E-state index contributed by atoms with van der Waals surface area (Å²) in [6.07, 6.45) is 7.44. The Morgan fingerprint density at radius 3 is 2.91 bits per heavy atom. The normalized spacial score (nSPS) is 11.0. The molecular weight excluding hydrogens is 306 g/mol. The van der Waals surface area contributed by atoms with Crippen LogP contribution in [0.1, 0.15) is 11.1 Å². The van der Waals surface area contributed by atoms with Gasteiger partial charge in [-0.3, -0.25) is 0 Å². The molecule has 0 atom stereocenters. The van der Waals surface area contributed by atoms with Crippen LogP contribution in [0, 0.1) is 26.4 Å². The Kier molecular flexibility index (Phi) is 3.10. The maximum Gasteiger partial charge on any atom is 0.167 e. The molecule has 0 radical (unpaired) electrons. The van der Waals surface area contributed by atoms with Crippen LogP contribution in [0.25, 0.3) is 32.0 Å². The fourth-order valence-corrected chi connectivity index (χ4v) is 3.70. The lowest BCUT2D eigenvalue weighted by Gasteiger charge is -1.96. The molecule has 2 heterocycles. The summed E-state index contributed by atoms with van der Waals surface area (Å²) >= 11 is 1.56. The molecule has 0 aliphatic rings. The van der Waals surface area contributed by atoms with E-state index in [1.807, 2.05) is 30.3 Å². The second-order valence-corrected chi connectivity index (χ2v) is 6.48. The van der Waals surface area contributed by atoms with E-state index >= 15 is 0 Å². The summed E-state index contributed by atoms with van der Waals surface area (Å²) in [7, 11) is 0. The molecule has 0 spiro atoms. The van der Waals surface area contributed by atoms with Crippen molar-refractivity contribution in [1.29, 1.82) is 0 Å². The average Bonchev–Trinajstić information content (AvgIpc) is 3.11. The van der Waals surface area contributed by atoms with E-state index in [4.69, 9.17) is 15.6 Å². The predicted molar refractivity (Wildman–Crippen MR) is 93.8 cm³/mol. The molecule has 0 unspecified atom stereocenters. The van der Waals surface area contributed by atoms with Gasteiger partial charge < -0.3 is 9.15 Å². The Bertz CT molecular complexity index is 1080. The molecule has 23 heavy (non-hydrogen) atoms. The number of hydrogen-bond acceptors (Lipinski definition) is 4. The zero-order valence-corrected chi connectivity index (χ0v) is 13.5. The van der Waals surface area contributed by atoms with Gasteiger partial charge in [0, 0.05) is 5.39 Å². The second-order valence-electron chi connectivity index (χ2n) is 5.45. The predicted octanol–water partition coefficient (Wildman–Crippen LogP) is 5.30. The Labute approximate surface area is 137 Å². The van der Waals surface area contributed by atoms with Gasteiger partial charge >= 0.3 is 0 Å². The third kappa shape index (κ3) is 2.26. The Morgan fingerprint density at radius 2 is 2.09 bits per heavy atom. The summed E-state index contributed by atoms with van der Waals surface area (Å²) in [5.74, 6) is 1.36. The summed E-state index contributed by atoms with van der Waals surface area (Å²) in [6, 6.07) is 12.0. The molecule has 0 saturated carbocycles. The quantitative estimate of drug-likeness (QED) is 0.471. The number of benzene rings is 2. The molecule has 0 N–H and O–H groups in total. The van der Waals surface area contributed by atoms with Crippen molar-refractivity contribution in [2.24, 2.45) is 0 Å². The van der Waals surface area contributed by atoms with Crippen molar-refractivity contribution < 1.29 is 9.15 Å². The van der Waals surface area contributed by atoms with Crippen LogP contribution in [-0.4, -0.2) is 4.98 Å². The van der Waals surface area contributed by atoms with Crippen molar-refractivity contribution in [3.8, 4) is 29.0 Å². The molecule has 2 aromatic heterocycles. The van der Waals surface area contributed by atoms with E-state index in [2.05, 4.69) is 31.0 Å². The Morgan fingerprint density at radius 1 is 1.22 bits per heavy atom. The van der Waals surface area contributed by atoms with Crippen molar-refractivity contribution in [3.63, 3.8) is 0 Å². The average molecular weight is 319 g/mol. The SMILES string of the molecule is C#COc1cccc2sc(-c3cc4c(C)cc(C)cc4o3)nc12. The summed E-state index contributed by atoms with van der Waals surface area (Å²) in [4.78, 5) is 4.65. The van der Waals surface area contributed by atoms with Gasteiger partial charge in [0.25, 0.3) is 0 Å². The van der Waals surface area contributed by atoms with Crippen molar-refractivity contribution in [2.75, 3.05) is 0 Å². The number of aromatic nitrogens is 1. The minimum atomic E-state index is 0.593. The molecular formula is C19H13NO2S. The van der Waals surface area contributed by atoms with Gasteiger partial charge in [-0.05, 0) is 49.2 Å². The maximum atomic E-state index is 6.01. The number of thiazole rings is 1. The standard InChI is InChI=1S/C19H13NO2S/c1-4-21-14-6-5-7-17-18(14)20-19(23-17)16-10-13-12(3)8-11(2)9-15(13)22-16/h1,5-10H,2-3H3. The molecule has 0 aliphatic carbocycles. The molecule has 4 aromatic rings. The van der Waals surface area contributed by atoms with Crippen LogP contribution in [0.3, 0.4) is 0 Å². The Hall–Kier alpha value is -2.77. The summed E-state index contributed by atoms with van der Waals surface area (Å²) in [5, 5.41) is 1.94. The zero-order chi connectivity index (χ0) is 16.0. The number of rotatable bonds is 2. The highest BCUT2D eigenvalue weighted by molar-refractivity contribution is 7.21. The van der Waals surface area contributed by atoms with Gasteiger partial charge in [0.2, 0.25) is 0 Å². The molecule has 4 heteroatoms. The van der Waals surface area contributed by atoms with E-state index in [-0.39, 0.29) is 0 Å². The highest BCUT2D eigenvalue weighted by atomic mass is 32.1. The minimum Gasteiger partial charge on any atom is -0.454 e. The molecule has 4 rings (SSSR count). The van der Waals surface area contributed by atoms with Crippen LogP contribution in [0.15, 0.2) is 40.8 Å². The van der Waals surface area contributed by atoms with Crippen molar-refractivity contribution in [2.45, 2.75) is 13.8 Å². The number of furan rings is 1. The first kappa shape index (κ1) is 13.9. The molecule has 0 fully saturated rings. The van der Waals surface area contributed by atoms with Crippen LogP contribution < -0.4 is 4.74 Å². The van der Waals surface area contributed by atoms with Crippen LogP contribution in [0.2, 0.25) is 0 Å². The van der Waals surface area contributed by atoms with Gasteiger partial charge in [-0.15, -0.1) is 11.3 Å². The first-order valence-electron chi connectivity index (χ1n) is 7.19. The summed E-state index contributed by atoms with van der Waals surface area (Å²) < 4.78 is 12.2. The van der Waals surface area contributed by atoms with Gasteiger partial charge in [-0.1, -0.05) is 18.6 Å². The van der Waals surface area contributed by atoms with E-state index in [9.17, 15) is 0 Å². The van der Waals surface area contributed by atoms with E-state index in [1.54, 1.807) is 11.3 Å². The highest BCUT2D eigenvalue weighted by Crippen LogP contribution is 2.37. The van der Waals surface area contributed by atoms with E-state index in [0.717, 1.165) is 32.0 Å². The fraction of sp³-hybridized carbons (Fsp3) is 0.105. The molecule has 0 amide bonds. The van der Waals surface area contributed by atoms with Crippen LogP contribution in [-0.2, 0) is 0 Å². The van der Waals surface area contributed by atoms with Crippen LogP contribution in [0.4, 0.5) is 0 Å².